The van der Waals surface area contributed by atoms with Crippen LogP contribution in [-0.4, -0.2) is 11.9 Å². The molecule has 2 aliphatic rings. The van der Waals surface area contributed by atoms with Crippen LogP contribution in [0.15, 0.2) is 36.4 Å². The number of rotatable bonds is 3. The second-order valence-corrected chi connectivity index (χ2v) is 5.70. The third-order valence-corrected chi connectivity index (χ3v) is 4.50. The largest absolute Gasteiger partial charge is 0.550 e. The van der Waals surface area contributed by atoms with E-state index in [-0.39, 0.29) is 17.7 Å². The van der Waals surface area contributed by atoms with Crippen molar-refractivity contribution in [3.8, 4) is 0 Å². The predicted octanol–water partition coefficient (Wildman–Crippen LogP) is 1.47. The molecule has 1 amide bonds. The first-order valence-corrected chi connectivity index (χ1v) is 6.90. The number of para-hydroxylation sites is 1. The van der Waals surface area contributed by atoms with Gasteiger partial charge in [0, 0.05) is 11.9 Å². The summed E-state index contributed by atoms with van der Waals surface area (Å²) in [4.78, 5) is 23.7. The van der Waals surface area contributed by atoms with Crippen molar-refractivity contribution in [3.63, 3.8) is 0 Å². The van der Waals surface area contributed by atoms with Gasteiger partial charge in [0.05, 0.1) is 16.6 Å². The van der Waals surface area contributed by atoms with Gasteiger partial charge in [-0.1, -0.05) is 35.9 Å². The van der Waals surface area contributed by atoms with E-state index < -0.39 is 17.8 Å². The Bertz CT molecular complexity index is 599. The summed E-state index contributed by atoms with van der Waals surface area (Å²) in [5.74, 6) is -2.89. The highest BCUT2D eigenvalue weighted by Crippen LogP contribution is 2.48. The van der Waals surface area contributed by atoms with Crippen molar-refractivity contribution < 1.29 is 14.7 Å². The first-order chi connectivity index (χ1) is 9.58. The molecule has 0 unspecified atom stereocenters. The van der Waals surface area contributed by atoms with Gasteiger partial charge in [-0.3, -0.25) is 4.79 Å². The molecule has 20 heavy (non-hydrogen) atoms. The lowest BCUT2D eigenvalue weighted by atomic mass is 9.82. The summed E-state index contributed by atoms with van der Waals surface area (Å²) in [6.07, 6.45) is 4.52. The van der Waals surface area contributed by atoms with Gasteiger partial charge in [0.2, 0.25) is 5.91 Å². The monoisotopic (exact) mass is 290 g/mol. The Morgan fingerprint density at radius 1 is 1.15 bits per heavy atom. The van der Waals surface area contributed by atoms with Crippen molar-refractivity contribution in [1.82, 2.24) is 0 Å². The Morgan fingerprint density at radius 3 is 2.45 bits per heavy atom. The molecular formula is C15H13ClNO3-. The fraction of sp³-hybridized carbons (Fsp3) is 0.333. The number of amides is 1. The normalized spacial score (nSPS) is 30.4. The fourth-order valence-electron chi connectivity index (χ4n) is 3.28. The van der Waals surface area contributed by atoms with Gasteiger partial charge in [0.15, 0.2) is 0 Å². The van der Waals surface area contributed by atoms with E-state index in [0.717, 1.165) is 0 Å². The van der Waals surface area contributed by atoms with Crippen molar-refractivity contribution in [2.24, 2.45) is 23.7 Å². The molecular weight excluding hydrogens is 278 g/mol. The molecule has 2 aliphatic carbocycles. The zero-order valence-electron chi connectivity index (χ0n) is 10.6. The minimum Gasteiger partial charge on any atom is -0.550 e. The summed E-state index contributed by atoms with van der Waals surface area (Å²) in [6.45, 7) is 0. The smallest absolute Gasteiger partial charge is 0.228 e. The molecule has 0 spiro atoms. The molecule has 0 radical (unpaired) electrons. The van der Waals surface area contributed by atoms with Gasteiger partial charge in [0.1, 0.15) is 0 Å². The molecule has 4 atom stereocenters. The van der Waals surface area contributed by atoms with Crippen LogP contribution in [0, 0.1) is 23.7 Å². The Kier molecular flexibility index (Phi) is 3.26. The van der Waals surface area contributed by atoms with Crippen molar-refractivity contribution in [1.29, 1.82) is 0 Å². The van der Waals surface area contributed by atoms with Gasteiger partial charge in [-0.2, -0.15) is 0 Å². The molecule has 0 heterocycles. The lowest BCUT2D eigenvalue weighted by Gasteiger charge is -2.27. The molecule has 104 valence electrons. The molecule has 0 aromatic heterocycles. The average Bonchev–Trinajstić information content (AvgIpc) is 3.01. The minimum absolute atomic E-state index is 0.0228. The van der Waals surface area contributed by atoms with E-state index in [9.17, 15) is 14.7 Å². The molecule has 1 saturated carbocycles. The molecule has 0 saturated heterocycles. The maximum atomic E-state index is 12.4. The number of hydrogen-bond acceptors (Lipinski definition) is 3. The van der Waals surface area contributed by atoms with Crippen LogP contribution in [0.25, 0.3) is 0 Å². The maximum absolute atomic E-state index is 12.4. The van der Waals surface area contributed by atoms with Crippen molar-refractivity contribution in [2.45, 2.75) is 6.42 Å². The van der Waals surface area contributed by atoms with Gasteiger partial charge in [-0.15, -0.1) is 0 Å². The van der Waals surface area contributed by atoms with E-state index in [2.05, 4.69) is 5.32 Å². The van der Waals surface area contributed by atoms with Crippen LogP contribution in [-0.2, 0) is 9.59 Å². The number of halogens is 1. The molecule has 1 aromatic rings. The van der Waals surface area contributed by atoms with Gasteiger partial charge < -0.3 is 15.2 Å². The van der Waals surface area contributed by atoms with Crippen LogP contribution in [0.3, 0.4) is 0 Å². The standard InChI is InChI=1S/C15H14ClNO3/c16-10-3-1-2-4-11(10)17-14(18)12-8-5-6-9(7-8)13(12)15(19)20/h1-6,8-9,12-13H,7H2,(H,17,18)(H,19,20)/p-1/t8-,9-,12+,13+/m0/s1. The Labute approximate surface area is 121 Å². The molecule has 1 fully saturated rings. The van der Waals surface area contributed by atoms with Gasteiger partial charge in [-0.05, 0) is 30.4 Å². The molecule has 1 N–H and O–H groups in total. The molecule has 0 aliphatic heterocycles. The number of aliphatic carboxylic acids is 1. The summed E-state index contributed by atoms with van der Waals surface area (Å²) >= 11 is 6.00. The van der Waals surface area contributed by atoms with Crippen LogP contribution in [0.2, 0.25) is 5.02 Å². The lowest BCUT2D eigenvalue weighted by Crippen LogP contribution is -2.42. The zero-order valence-corrected chi connectivity index (χ0v) is 11.3. The van der Waals surface area contributed by atoms with Crippen LogP contribution in [0.5, 0.6) is 0 Å². The number of benzene rings is 1. The quantitative estimate of drug-likeness (QED) is 0.857. The van der Waals surface area contributed by atoms with E-state index in [1.807, 2.05) is 12.2 Å². The van der Waals surface area contributed by atoms with Gasteiger partial charge >= 0.3 is 0 Å². The van der Waals surface area contributed by atoms with E-state index in [0.29, 0.717) is 17.1 Å². The van der Waals surface area contributed by atoms with Crippen LogP contribution in [0.4, 0.5) is 5.69 Å². The number of carboxylic acids is 1. The maximum Gasteiger partial charge on any atom is 0.228 e. The van der Waals surface area contributed by atoms with Gasteiger partial charge in [0.25, 0.3) is 0 Å². The fourth-order valence-corrected chi connectivity index (χ4v) is 3.46. The number of fused-ring (bicyclic) bond motifs is 2. The van der Waals surface area contributed by atoms with Crippen molar-refractivity contribution in [3.05, 3.63) is 41.4 Å². The lowest BCUT2D eigenvalue weighted by molar-refractivity contribution is -0.313. The number of carbonyl (C=O) groups is 2. The topological polar surface area (TPSA) is 69.2 Å². The van der Waals surface area contributed by atoms with E-state index >= 15 is 0 Å². The number of hydrogen-bond donors (Lipinski definition) is 1. The highest BCUT2D eigenvalue weighted by atomic mass is 35.5. The Hall–Kier alpha value is -1.81. The minimum atomic E-state index is -1.15. The third-order valence-electron chi connectivity index (χ3n) is 4.17. The zero-order chi connectivity index (χ0) is 14.3. The molecule has 1 aromatic carbocycles. The highest BCUT2D eigenvalue weighted by Gasteiger charge is 2.48. The predicted molar refractivity (Wildman–Crippen MR) is 72.8 cm³/mol. The van der Waals surface area contributed by atoms with E-state index in [4.69, 9.17) is 11.6 Å². The number of carboxylic acid groups (broad SMARTS) is 1. The SMILES string of the molecule is O=C([O-])[C@H]1[C@H](C(=O)Nc2ccccc2Cl)[C@H]2C=C[C@H]1C2. The van der Waals surface area contributed by atoms with Crippen LogP contribution < -0.4 is 10.4 Å². The summed E-state index contributed by atoms with van der Waals surface area (Å²) in [7, 11) is 0. The third kappa shape index (κ3) is 2.10. The second kappa shape index (κ2) is 4.94. The average molecular weight is 291 g/mol. The number of anilines is 1. The first kappa shape index (κ1) is 13.2. The first-order valence-electron chi connectivity index (χ1n) is 6.52. The highest BCUT2D eigenvalue weighted by molar-refractivity contribution is 6.33. The summed E-state index contributed by atoms with van der Waals surface area (Å²) in [6, 6.07) is 6.89. The van der Waals surface area contributed by atoms with Crippen molar-refractivity contribution in [2.75, 3.05) is 5.32 Å². The second-order valence-electron chi connectivity index (χ2n) is 5.29. The van der Waals surface area contributed by atoms with E-state index in [1.165, 1.54) is 0 Å². The molecule has 5 heteroatoms. The Balaban J connectivity index is 1.82. The summed E-state index contributed by atoms with van der Waals surface area (Å²) < 4.78 is 0. The van der Waals surface area contributed by atoms with Crippen LogP contribution >= 0.6 is 11.6 Å². The molecule has 4 nitrogen and oxygen atoms in total. The van der Waals surface area contributed by atoms with Crippen LogP contribution in [0.1, 0.15) is 6.42 Å². The van der Waals surface area contributed by atoms with Crippen molar-refractivity contribution >= 4 is 29.2 Å². The molecule has 3 rings (SSSR count). The number of allylic oxidation sites excluding steroid dienone is 2. The molecule has 2 bridgehead atoms. The Morgan fingerprint density at radius 2 is 1.80 bits per heavy atom. The van der Waals surface area contributed by atoms with Gasteiger partial charge in [-0.25, -0.2) is 0 Å². The summed E-state index contributed by atoms with van der Waals surface area (Å²) in [5.41, 5.74) is 0.503. The number of carbonyl (C=O) groups excluding carboxylic acids is 2. The van der Waals surface area contributed by atoms with E-state index in [1.54, 1.807) is 24.3 Å². The summed E-state index contributed by atoms with van der Waals surface area (Å²) in [5, 5.41) is 14.4. The number of nitrogens with one attached hydrogen (secondary N) is 1.